The van der Waals surface area contributed by atoms with Crippen molar-refractivity contribution in [1.82, 2.24) is 50.0 Å². The zero-order chi connectivity index (χ0) is 48.3. The fourth-order valence-corrected chi connectivity index (χ4v) is 9.51. The molecule has 4 aromatic heterocycles. The van der Waals surface area contributed by atoms with Gasteiger partial charge in [-0.15, -0.1) is 0 Å². The van der Waals surface area contributed by atoms with E-state index in [1.807, 2.05) is 80.0 Å². The van der Waals surface area contributed by atoms with Gasteiger partial charge >= 0.3 is 0 Å². The van der Waals surface area contributed by atoms with E-state index >= 15 is 0 Å². The van der Waals surface area contributed by atoms with Gasteiger partial charge in [-0.3, -0.25) is 14.4 Å². The number of hydrogen-bond acceptors (Lipinski definition) is 14. The Hall–Kier alpha value is -7.15. The van der Waals surface area contributed by atoms with Gasteiger partial charge < -0.3 is 49.6 Å². The van der Waals surface area contributed by atoms with E-state index in [0.29, 0.717) is 56.5 Å². The zero-order valence-electron chi connectivity index (χ0n) is 40.5. The second-order valence-corrected chi connectivity index (χ2v) is 18.3. The standard InChI is InChI=1S/C26H32N6O4.C24H30N6O3/c1-16-13-28-32-15-21(29-26(25(16)32)36-17(2)20-12-24(34)27-14-20)19-5-6-22(23(11-19)35-4)31-9-7-30(8-10-31)18(3)33;1-15-12-27-30-14-19(28-24(23(15)30)33-16(2)18-11-22(31)26-13-18)17-4-5-20(21(10-17)32-3)29-8-6-25-7-9-29/h5-6,11,13,15,17,20H,7-10,12,14H2,1-4H3,(H,27,34);4-5,10,12,14,16,18,25H,6-9,11,13H2,1-3H3,(H,26,31)/t17-,20-;16-,18-/m11/s1. The third kappa shape index (κ3) is 10.0. The van der Waals surface area contributed by atoms with Crippen molar-refractivity contribution in [2.75, 3.05) is 89.5 Å². The van der Waals surface area contributed by atoms with E-state index in [1.165, 1.54) is 0 Å². The lowest BCUT2D eigenvalue weighted by Crippen LogP contribution is -2.48. The smallest absolute Gasteiger partial charge is 0.241 e. The topological polar surface area (TPSA) is 194 Å². The lowest BCUT2D eigenvalue weighted by atomic mass is 10.0. The van der Waals surface area contributed by atoms with Crippen LogP contribution in [0.5, 0.6) is 23.3 Å². The van der Waals surface area contributed by atoms with Crippen LogP contribution in [0.3, 0.4) is 0 Å². The Labute approximate surface area is 401 Å². The van der Waals surface area contributed by atoms with Crippen molar-refractivity contribution in [2.24, 2.45) is 11.8 Å². The number of piperazine rings is 2. The van der Waals surface area contributed by atoms with E-state index in [9.17, 15) is 14.4 Å². The number of nitrogens with zero attached hydrogens (tertiary/aromatic N) is 9. The normalized spacial score (nSPS) is 19.2. The molecule has 0 spiro atoms. The predicted molar refractivity (Wildman–Crippen MR) is 261 cm³/mol. The summed E-state index contributed by atoms with van der Waals surface area (Å²) in [4.78, 5) is 51.2. The van der Waals surface area contributed by atoms with Crippen molar-refractivity contribution in [1.29, 1.82) is 0 Å². The van der Waals surface area contributed by atoms with Crippen molar-refractivity contribution < 1.29 is 33.3 Å². The van der Waals surface area contributed by atoms with Gasteiger partial charge in [0.05, 0.1) is 61.8 Å². The molecule has 0 bridgehead atoms. The first-order chi connectivity index (χ1) is 33.4. The molecule has 4 fully saturated rings. The summed E-state index contributed by atoms with van der Waals surface area (Å²) in [6.07, 6.45) is 8.00. The number of aromatic nitrogens is 6. The zero-order valence-corrected chi connectivity index (χ0v) is 40.5. The van der Waals surface area contributed by atoms with Crippen molar-refractivity contribution in [3.8, 4) is 45.8 Å². The van der Waals surface area contributed by atoms with Gasteiger partial charge in [0, 0.05) is 119 Å². The third-order valence-corrected chi connectivity index (χ3v) is 13.7. The molecule has 19 heteroatoms. The Bertz CT molecular complexity index is 2850. The largest absolute Gasteiger partial charge is 0.495 e. The average Bonchev–Trinajstić information content (AvgIpc) is 4.19. The number of methoxy groups -OCH3 is 2. The SMILES string of the molecule is COc1cc(-c2cn3ncc(C)c3c(O[C@H](C)[C@H]3CNC(=O)C3)n2)ccc1N1CCN(C(C)=O)CC1.COc1cc(-c2cn3ncc(C)c3c(O[C@H](C)[C@H]3CNC(=O)C3)n2)ccc1N1CCNCC1. The number of carbonyl (C=O) groups is 3. The van der Waals surface area contributed by atoms with Crippen LogP contribution in [0, 0.1) is 25.7 Å². The quantitative estimate of drug-likeness (QED) is 0.157. The fraction of sp³-hybridized carbons (Fsp3) is 0.460. The first kappa shape index (κ1) is 46.9. The fourth-order valence-electron chi connectivity index (χ4n) is 9.51. The first-order valence-corrected chi connectivity index (χ1v) is 23.8. The molecule has 4 saturated heterocycles. The van der Waals surface area contributed by atoms with E-state index in [-0.39, 0.29) is 41.8 Å². The maximum Gasteiger partial charge on any atom is 0.241 e. The van der Waals surface area contributed by atoms with Gasteiger partial charge in [0.25, 0.3) is 0 Å². The van der Waals surface area contributed by atoms with Gasteiger partial charge in [0.2, 0.25) is 29.5 Å². The van der Waals surface area contributed by atoms with E-state index < -0.39 is 0 Å². The molecule has 2 aromatic carbocycles. The maximum absolute atomic E-state index is 11.7. The van der Waals surface area contributed by atoms with E-state index in [4.69, 9.17) is 28.9 Å². The van der Waals surface area contributed by atoms with Crippen LogP contribution in [0.1, 0.15) is 44.7 Å². The van der Waals surface area contributed by atoms with Crippen LogP contribution in [0.15, 0.2) is 61.2 Å². The van der Waals surface area contributed by atoms with Gasteiger partial charge in [0.1, 0.15) is 34.7 Å². The van der Waals surface area contributed by atoms with Gasteiger partial charge in [0.15, 0.2) is 0 Å². The summed E-state index contributed by atoms with van der Waals surface area (Å²) >= 11 is 0. The molecule has 3 N–H and O–H groups in total. The Morgan fingerprint density at radius 2 is 1.12 bits per heavy atom. The Morgan fingerprint density at radius 3 is 1.52 bits per heavy atom. The van der Waals surface area contributed by atoms with Gasteiger partial charge in [-0.05, 0) is 52.0 Å². The monoisotopic (exact) mass is 942 g/mol. The highest BCUT2D eigenvalue weighted by atomic mass is 16.5. The number of anilines is 2. The summed E-state index contributed by atoms with van der Waals surface area (Å²) in [5, 5.41) is 18.1. The second-order valence-electron chi connectivity index (χ2n) is 18.3. The minimum absolute atomic E-state index is 0.0535. The van der Waals surface area contributed by atoms with Crippen LogP contribution in [0.25, 0.3) is 33.5 Å². The van der Waals surface area contributed by atoms with E-state index in [2.05, 4.69) is 48.1 Å². The highest BCUT2D eigenvalue weighted by Crippen LogP contribution is 2.37. The number of benzene rings is 2. The lowest BCUT2D eigenvalue weighted by molar-refractivity contribution is -0.129. The maximum atomic E-state index is 11.7. The molecular formula is C50H62N12O7. The summed E-state index contributed by atoms with van der Waals surface area (Å²) in [5.41, 5.74) is 8.95. The molecule has 364 valence electrons. The molecule has 69 heavy (non-hydrogen) atoms. The summed E-state index contributed by atoms with van der Waals surface area (Å²) in [6.45, 7) is 17.5. The molecule has 4 atom stereocenters. The van der Waals surface area contributed by atoms with Crippen LogP contribution < -0.4 is 44.7 Å². The lowest BCUT2D eigenvalue weighted by Gasteiger charge is -2.36. The molecule has 0 saturated carbocycles. The molecule has 19 nitrogen and oxygen atoms in total. The summed E-state index contributed by atoms with van der Waals surface area (Å²) < 4.78 is 27.8. The molecule has 10 rings (SSSR count). The Balaban J connectivity index is 0.000000172. The van der Waals surface area contributed by atoms with Crippen LogP contribution in [0.2, 0.25) is 0 Å². The number of hydrogen-bond donors (Lipinski definition) is 3. The number of aryl methyl sites for hydroxylation is 2. The number of amides is 3. The highest BCUT2D eigenvalue weighted by Gasteiger charge is 2.31. The number of nitrogens with one attached hydrogen (secondary N) is 3. The van der Waals surface area contributed by atoms with Crippen molar-refractivity contribution in [3.63, 3.8) is 0 Å². The Kier molecular flexibility index (Phi) is 13.7. The van der Waals surface area contributed by atoms with Crippen molar-refractivity contribution in [2.45, 2.75) is 59.7 Å². The second kappa shape index (κ2) is 20.2. The highest BCUT2D eigenvalue weighted by molar-refractivity contribution is 5.79. The van der Waals surface area contributed by atoms with Crippen LogP contribution in [0.4, 0.5) is 11.4 Å². The number of carbonyl (C=O) groups excluding carboxylic acids is 3. The molecular weight excluding hydrogens is 881 g/mol. The minimum atomic E-state index is -0.185. The summed E-state index contributed by atoms with van der Waals surface area (Å²) in [7, 11) is 3.36. The van der Waals surface area contributed by atoms with Crippen LogP contribution in [-0.4, -0.2) is 144 Å². The summed E-state index contributed by atoms with van der Waals surface area (Å²) in [6, 6.07) is 12.2. The van der Waals surface area contributed by atoms with Gasteiger partial charge in [-0.1, -0.05) is 12.1 Å². The van der Waals surface area contributed by atoms with Gasteiger partial charge in [-0.25, -0.2) is 19.0 Å². The number of ether oxygens (including phenoxy) is 4. The molecule has 0 radical (unpaired) electrons. The average molecular weight is 943 g/mol. The molecule has 8 heterocycles. The van der Waals surface area contributed by atoms with Crippen molar-refractivity contribution in [3.05, 3.63) is 72.3 Å². The van der Waals surface area contributed by atoms with Crippen molar-refractivity contribution >= 4 is 40.1 Å². The predicted octanol–water partition coefficient (Wildman–Crippen LogP) is 4.31. The third-order valence-electron chi connectivity index (χ3n) is 13.7. The Morgan fingerprint density at radius 1 is 0.667 bits per heavy atom. The molecule has 6 aromatic rings. The summed E-state index contributed by atoms with van der Waals surface area (Å²) in [5.74, 6) is 3.02. The molecule has 0 unspecified atom stereocenters. The number of fused-ring (bicyclic) bond motifs is 2. The molecule has 0 aliphatic carbocycles. The number of rotatable bonds is 12. The first-order valence-electron chi connectivity index (χ1n) is 23.8. The van der Waals surface area contributed by atoms with E-state index in [0.717, 1.165) is 101 Å². The molecule has 3 amide bonds. The molecule has 4 aliphatic heterocycles. The molecule has 4 aliphatic rings. The van der Waals surface area contributed by atoms with Crippen LogP contribution in [-0.2, 0) is 14.4 Å². The minimum Gasteiger partial charge on any atom is -0.495 e. The van der Waals surface area contributed by atoms with Crippen LogP contribution >= 0.6 is 0 Å². The van der Waals surface area contributed by atoms with E-state index in [1.54, 1.807) is 31.9 Å². The van der Waals surface area contributed by atoms with Gasteiger partial charge in [-0.2, -0.15) is 10.2 Å².